The number of aryl methyl sites for hydroxylation is 1. The van der Waals surface area contributed by atoms with Gasteiger partial charge in [0.25, 0.3) is 5.82 Å². The van der Waals surface area contributed by atoms with Crippen molar-refractivity contribution in [3.63, 3.8) is 0 Å². The molecule has 2 rings (SSSR count). The third-order valence-corrected chi connectivity index (χ3v) is 2.05. The lowest BCUT2D eigenvalue weighted by atomic mass is 10.2. The first kappa shape index (κ1) is 10.4. The third-order valence-electron chi connectivity index (χ3n) is 2.05. The molecule has 0 unspecified atom stereocenters. The number of alkyl halides is 3. The van der Waals surface area contributed by atoms with Gasteiger partial charge in [0.15, 0.2) is 5.65 Å². The number of hydrogen-bond donors (Lipinski definition) is 0. The smallest absolute Gasteiger partial charge is 0.216 e. The van der Waals surface area contributed by atoms with E-state index in [4.69, 9.17) is 5.26 Å². The van der Waals surface area contributed by atoms with Gasteiger partial charge in [-0.15, -0.1) is 5.10 Å². The molecule has 0 aromatic carbocycles. The number of halogens is 3. The van der Waals surface area contributed by atoms with Gasteiger partial charge in [0.05, 0.1) is 5.56 Å². The first-order valence-corrected chi connectivity index (χ1v) is 4.27. The monoisotopic (exact) mass is 226 g/mol. The molecule has 0 bridgehead atoms. The van der Waals surface area contributed by atoms with Gasteiger partial charge in [0.2, 0.25) is 0 Å². The number of nitriles is 1. The van der Waals surface area contributed by atoms with Gasteiger partial charge in [-0.3, -0.25) is 0 Å². The van der Waals surface area contributed by atoms with Crippen molar-refractivity contribution < 1.29 is 13.2 Å². The van der Waals surface area contributed by atoms with Crippen LogP contribution in [0.15, 0.2) is 12.1 Å². The Labute approximate surface area is 87.9 Å². The van der Waals surface area contributed by atoms with Crippen molar-refractivity contribution in [3.05, 3.63) is 29.2 Å². The standard InChI is InChI=1S/C9H5F3N4/c1-5-2-3-6(4-13)7-14-8(9(10,11)12)15-16(5)7/h2-3H,1H3. The van der Waals surface area contributed by atoms with Gasteiger partial charge in [-0.05, 0) is 19.1 Å². The highest BCUT2D eigenvalue weighted by Crippen LogP contribution is 2.27. The summed E-state index contributed by atoms with van der Waals surface area (Å²) in [5, 5.41) is 12.0. The largest absolute Gasteiger partial charge is 0.453 e. The summed E-state index contributed by atoms with van der Waals surface area (Å²) >= 11 is 0. The molecule has 0 N–H and O–H groups in total. The van der Waals surface area contributed by atoms with Gasteiger partial charge < -0.3 is 0 Å². The summed E-state index contributed by atoms with van der Waals surface area (Å²) in [6.07, 6.45) is -4.61. The molecule has 0 aliphatic carbocycles. The second-order valence-electron chi connectivity index (χ2n) is 3.17. The first-order valence-electron chi connectivity index (χ1n) is 4.27. The van der Waals surface area contributed by atoms with E-state index in [1.165, 1.54) is 12.1 Å². The lowest BCUT2D eigenvalue weighted by Crippen LogP contribution is -2.07. The van der Waals surface area contributed by atoms with Crippen LogP contribution in [-0.2, 0) is 6.18 Å². The molecule has 0 aliphatic rings. The van der Waals surface area contributed by atoms with Crippen LogP contribution in [0.1, 0.15) is 17.1 Å². The van der Waals surface area contributed by atoms with Crippen molar-refractivity contribution in [1.29, 1.82) is 5.26 Å². The number of nitrogens with zero attached hydrogens (tertiary/aromatic N) is 4. The molecule has 0 saturated carbocycles. The van der Waals surface area contributed by atoms with Crippen LogP contribution in [0.2, 0.25) is 0 Å². The fraction of sp³-hybridized carbons (Fsp3) is 0.222. The summed E-state index contributed by atoms with van der Waals surface area (Å²) in [6, 6.07) is 4.70. The number of fused-ring (bicyclic) bond motifs is 1. The number of aromatic nitrogens is 3. The lowest BCUT2D eigenvalue weighted by Gasteiger charge is -1.98. The zero-order chi connectivity index (χ0) is 11.9. The molecule has 0 radical (unpaired) electrons. The molecule has 2 aromatic rings. The normalized spacial score (nSPS) is 11.7. The fourth-order valence-corrected chi connectivity index (χ4v) is 1.29. The van der Waals surface area contributed by atoms with Crippen molar-refractivity contribution in [2.75, 3.05) is 0 Å². The van der Waals surface area contributed by atoms with E-state index in [9.17, 15) is 13.2 Å². The van der Waals surface area contributed by atoms with Crippen LogP contribution in [0.3, 0.4) is 0 Å². The molecule has 0 aliphatic heterocycles. The van der Waals surface area contributed by atoms with Gasteiger partial charge in [-0.25, -0.2) is 9.50 Å². The van der Waals surface area contributed by atoms with E-state index in [0.29, 0.717) is 5.69 Å². The lowest BCUT2D eigenvalue weighted by molar-refractivity contribution is -0.144. The highest BCUT2D eigenvalue weighted by Gasteiger charge is 2.36. The molecule has 0 amide bonds. The Hall–Kier alpha value is -2.10. The Morgan fingerprint density at radius 3 is 2.62 bits per heavy atom. The maximum absolute atomic E-state index is 12.4. The zero-order valence-corrected chi connectivity index (χ0v) is 8.08. The van der Waals surface area contributed by atoms with E-state index in [0.717, 1.165) is 4.52 Å². The van der Waals surface area contributed by atoms with Crippen molar-refractivity contribution in [3.8, 4) is 6.07 Å². The summed E-state index contributed by atoms with van der Waals surface area (Å²) < 4.78 is 38.1. The molecule has 4 nitrogen and oxygen atoms in total. The Morgan fingerprint density at radius 2 is 2.06 bits per heavy atom. The van der Waals surface area contributed by atoms with Crippen molar-refractivity contribution in [2.45, 2.75) is 13.1 Å². The molecular formula is C9H5F3N4. The topological polar surface area (TPSA) is 54.0 Å². The fourth-order valence-electron chi connectivity index (χ4n) is 1.29. The Balaban J connectivity index is 2.80. The van der Waals surface area contributed by atoms with Gasteiger partial charge >= 0.3 is 6.18 Å². The SMILES string of the molecule is Cc1ccc(C#N)c2nc(C(F)(F)F)nn12. The maximum atomic E-state index is 12.4. The van der Waals surface area contributed by atoms with Crippen LogP contribution < -0.4 is 0 Å². The van der Waals surface area contributed by atoms with Crippen LogP contribution >= 0.6 is 0 Å². The average molecular weight is 226 g/mol. The molecule has 82 valence electrons. The quantitative estimate of drug-likeness (QED) is 0.689. The second kappa shape index (κ2) is 3.20. The minimum Gasteiger partial charge on any atom is -0.216 e. The van der Waals surface area contributed by atoms with Crippen LogP contribution in [0, 0.1) is 18.3 Å². The molecule has 16 heavy (non-hydrogen) atoms. The Morgan fingerprint density at radius 1 is 1.38 bits per heavy atom. The van der Waals surface area contributed by atoms with E-state index >= 15 is 0 Å². The summed E-state index contributed by atoms with van der Waals surface area (Å²) in [5.74, 6) is -1.24. The molecule has 0 fully saturated rings. The van der Waals surface area contributed by atoms with E-state index in [1.807, 2.05) is 0 Å². The zero-order valence-electron chi connectivity index (χ0n) is 8.08. The summed E-state index contributed by atoms with van der Waals surface area (Å²) in [6.45, 7) is 1.59. The molecule has 2 heterocycles. The molecule has 2 aromatic heterocycles. The summed E-state index contributed by atoms with van der Waals surface area (Å²) in [5.41, 5.74) is 0.473. The van der Waals surface area contributed by atoms with Crippen molar-refractivity contribution >= 4 is 5.65 Å². The summed E-state index contributed by atoms with van der Waals surface area (Å²) in [4.78, 5) is 3.32. The first-order chi connectivity index (χ1) is 7.43. The van der Waals surface area contributed by atoms with E-state index in [2.05, 4.69) is 10.1 Å². The summed E-state index contributed by atoms with van der Waals surface area (Å²) in [7, 11) is 0. The molecular weight excluding hydrogens is 221 g/mol. The van der Waals surface area contributed by atoms with E-state index in [1.54, 1.807) is 13.0 Å². The van der Waals surface area contributed by atoms with Crippen LogP contribution in [0.5, 0.6) is 0 Å². The number of hydrogen-bond acceptors (Lipinski definition) is 3. The van der Waals surface area contributed by atoms with Crippen molar-refractivity contribution in [2.24, 2.45) is 0 Å². The molecule has 0 atom stereocenters. The number of pyridine rings is 1. The minimum absolute atomic E-state index is 0.0635. The molecule has 7 heteroatoms. The van der Waals surface area contributed by atoms with Crippen LogP contribution in [-0.4, -0.2) is 14.6 Å². The van der Waals surface area contributed by atoms with Gasteiger partial charge in [0.1, 0.15) is 6.07 Å². The molecule has 0 saturated heterocycles. The van der Waals surface area contributed by atoms with Gasteiger partial charge in [0, 0.05) is 5.69 Å². The molecule has 0 spiro atoms. The highest BCUT2D eigenvalue weighted by atomic mass is 19.4. The third kappa shape index (κ3) is 1.48. The predicted molar refractivity (Wildman–Crippen MR) is 47.4 cm³/mol. The highest BCUT2D eigenvalue weighted by molar-refractivity contribution is 5.55. The number of rotatable bonds is 0. The minimum atomic E-state index is -4.61. The van der Waals surface area contributed by atoms with Gasteiger partial charge in [-0.2, -0.15) is 18.4 Å². The van der Waals surface area contributed by atoms with Crippen LogP contribution in [0.25, 0.3) is 5.65 Å². The van der Waals surface area contributed by atoms with Crippen LogP contribution in [0.4, 0.5) is 13.2 Å². The predicted octanol–water partition coefficient (Wildman–Crippen LogP) is 1.93. The maximum Gasteiger partial charge on any atom is 0.453 e. The van der Waals surface area contributed by atoms with Gasteiger partial charge in [-0.1, -0.05) is 0 Å². The van der Waals surface area contributed by atoms with E-state index < -0.39 is 12.0 Å². The Bertz CT molecular complexity index is 591. The average Bonchev–Trinajstić information content (AvgIpc) is 2.63. The second-order valence-corrected chi connectivity index (χ2v) is 3.17. The van der Waals surface area contributed by atoms with Crippen molar-refractivity contribution in [1.82, 2.24) is 14.6 Å². The Kier molecular flexibility index (Phi) is 2.08. The van der Waals surface area contributed by atoms with E-state index in [-0.39, 0.29) is 11.2 Å².